The Morgan fingerprint density at radius 1 is 1.05 bits per heavy atom. The van der Waals surface area contributed by atoms with E-state index in [1.54, 1.807) is 30.6 Å². The highest BCUT2D eigenvalue weighted by atomic mass is 16.5. The van der Waals surface area contributed by atoms with Gasteiger partial charge in [0.25, 0.3) is 5.91 Å². The summed E-state index contributed by atoms with van der Waals surface area (Å²) in [4.78, 5) is 32.4. The van der Waals surface area contributed by atoms with Crippen LogP contribution in [0.25, 0.3) is 10.9 Å². The van der Waals surface area contributed by atoms with Crippen molar-refractivity contribution in [2.45, 2.75) is 13.3 Å². The van der Waals surface area contributed by atoms with Gasteiger partial charge in [-0.05, 0) is 54.4 Å². The van der Waals surface area contributed by atoms with E-state index in [1.807, 2.05) is 37.3 Å². The number of fused-ring (bicyclic) bond motifs is 1. The van der Waals surface area contributed by atoms with Crippen LogP contribution in [0.3, 0.4) is 0 Å². The lowest BCUT2D eigenvalue weighted by molar-refractivity contribution is -0.118. The zero-order chi connectivity index (χ0) is 25.6. The molecule has 0 saturated carbocycles. The molecule has 190 valence electrons. The Morgan fingerprint density at radius 3 is 2.73 bits per heavy atom. The van der Waals surface area contributed by atoms with E-state index < -0.39 is 0 Å². The van der Waals surface area contributed by atoms with Gasteiger partial charge in [-0.3, -0.25) is 19.6 Å². The van der Waals surface area contributed by atoms with Gasteiger partial charge < -0.3 is 20.7 Å². The van der Waals surface area contributed by atoms with Gasteiger partial charge in [-0.15, -0.1) is 0 Å². The van der Waals surface area contributed by atoms with Gasteiger partial charge in [0.05, 0.1) is 37.0 Å². The molecule has 1 saturated heterocycles. The van der Waals surface area contributed by atoms with Crippen LogP contribution < -0.4 is 16.0 Å². The van der Waals surface area contributed by atoms with E-state index in [0.717, 1.165) is 41.7 Å². The molecule has 0 spiro atoms. The third-order valence-electron chi connectivity index (χ3n) is 6.25. The summed E-state index contributed by atoms with van der Waals surface area (Å²) in [6, 6.07) is 14.7. The highest BCUT2D eigenvalue weighted by Crippen LogP contribution is 2.25. The Hall–Kier alpha value is -4.28. The fourth-order valence-corrected chi connectivity index (χ4v) is 4.27. The summed E-state index contributed by atoms with van der Waals surface area (Å²) in [6.45, 7) is 5.08. The largest absolute Gasteiger partial charge is 0.379 e. The van der Waals surface area contributed by atoms with E-state index in [4.69, 9.17) is 4.74 Å². The van der Waals surface area contributed by atoms with Crippen molar-refractivity contribution in [3.63, 3.8) is 0 Å². The molecular formula is C27H29N7O3. The van der Waals surface area contributed by atoms with Crippen molar-refractivity contribution in [2.24, 2.45) is 0 Å². The van der Waals surface area contributed by atoms with Gasteiger partial charge in [0.15, 0.2) is 0 Å². The highest BCUT2D eigenvalue weighted by molar-refractivity contribution is 6.08. The number of anilines is 4. The number of nitrogens with one attached hydrogen (secondary N) is 4. The molecule has 10 heteroatoms. The van der Waals surface area contributed by atoms with Gasteiger partial charge in [-0.25, -0.2) is 4.98 Å². The molecule has 37 heavy (non-hydrogen) atoms. The maximum atomic E-state index is 13.2. The second kappa shape index (κ2) is 11.2. The Bertz CT molecular complexity index is 1410. The fraction of sp³-hybridized carbons (Fsp3) is 0.259. The maximum absolute atomic E-state index is 13.2. The fourth-order valence-electron chi connectivity index (χ4n) is 4.27. The number of carbonyl (C=O) groups is 2. The van der Waals surface area contributed by atoms with Crippen LogP contribution in [-0.4, -0.2) is 64.7 Å². The lowest BCUT2D eigenvalue weighted by atomic mass is 10.1. The molecule has 3 heterocycles. The molecule has 10 nitrogen and oxygen atoms in total. The summed E-state index contributed by atoms with van der Waals surface area (Å²) in [7, 11) is 0. The lowest BCUT2D eigenvalue weighted by Gasteiger charge is -2.26. The second-order valence-corrected chi connectivity index (χ2v) is 8.81. The van der Waals surface area contributed by atoms with E-state index in [1.165, 1.54) is 0 Å². The predicted octanol–water partition coefficient (Wildman–Crippen LogP) is 3.79. The standard InChI is InChI=1S/C27H29N7O3/c1-2-18-5-7-21(14-23(18)32-25(35)17-34-10-12-37-13-11-34)31-27(36)22-4-3-9-28-26(22)30-20-8-6-19-16-29-33-24(19)15-20/h3-9,14-16H,2,10-13,17H2,1H3,(H,28,30)(H,29,33)(H,31,36)(H,32,35). The maximum Gasteiger partial charge on any atom is 0.259 e. The van der Waals surface area contributed by atoms with Crippen molar-refractivity contribution >= 4 is 45.6 Å². The summed E-state index contributed by atoms with van der Waals surface area (Å²) in [5.41, 5.74) is 4.32. The number of aryl methyl sites for hydroxylation is 1. The van der Waals surface area contributed by atoms with Gasteiger partial charge in [0.2, 0.25) is 5.91 Å². The number of H-pyrrole nitrogens is 1. The van der Waals surface area contributed by atoms with Crippen molar-refractivity contribution in [1.29, 1.82) is 0 Å². The first-order valence-corrected chi connectivity index (χ1v) is 12.3. The van der Waals surface area contributed by atoms with Crippen LogP contribution in [0.4, 0.5) is 22.9 Å². The van der Waals surface area contributed by atoms with Gasteiger partial charge in [-0.2, -0.15) is 5.10 Å². The van der Waals surface area contributed by atoms with Crippen LogP contribution >= 0.6 is 0 Å². The molecule has 2 aromatic carbocycles. The smallest absolute Gasteiger partial charge is 0.259 e. The van der Waals surface area contributed by atoms with E-state index in [0.29, 0.717) is 42.5 Å². The lowest BCUT2D eigenvalue weighted by Crippen LogP contribution is -2.41. The second-order valence-electron chi connectivity index (χ2n) is 8.81. The Kier molecular flexibility index (Phi) is 7.38. The minimum atomic E-state index is -0.312. The number of hydrogen-bond donors (Lipinski definition) is 4. The molecule has 4 N–H and O–H groups in total. The number of aromatic amines is 1. The Balaban J connectivity index is 1.30. The topological polar surface area (TPSA) is 124 Å². The average Bonchev–Trinajstić information content (AvgIpc) is 3.38. The molecular weight excluding hydrogens is 470 g/mol. The number of benzene rings is 2. The van der Waals surface area contributed by atoms with E-state index >= 15 is 0 Å². The number of nitrogens with zero attached hydrogens (tertiary/aromatic N) is 3. The number of hydrogen-bond acceptors (Lipinski definition) is 7. The number of carbonyl (C=O) groups excluding carboxylic acids is 2. The zero-order valence-corrected chi connectivity index (χ0v) is 20.6. The Morgan fingerprint density at radius 2 is 1.89 bits per heavy atom. The van der Waals surface area contributed by atoms with Gasteiger partial charge >= 0.3 is 0 Å². The van der Waals surface area contributed by atoms with Crippen LogP contribution in [0.2, 0.25) is 0 Å². The molecule has 2 amide bonds. The van der Waals surface area contributed by atoms with Crippen molar-refractivity contribution in [1.82, 2.24) is 20.1 Å². The number of pyridine rings is 1. The van der Waals surface area contributed by atoms with Gasteiger partial charge in [-0.1, -0.05) is 13.0 Å². The average molecular weight is 500 g/mol. The van der Waals surface area contributed by atoms with Crippen LogP contribution in [0.1, 0.15) is 22.8 Å². The molecule has 1 fully saturated rings. The SMILES string of the molecule is CCc1ccc(NC(=O)c2cccnc2Nc2ccc3cn[nH]c3c2)cc1NC(=O)CN1CCOCC1. The van der Waals surface area contributed by atoms with E-state index in [2.05, 4.69) is 36.0 Å². The minimum Gasteiger partial charge on any atom is -0.379 e. The molecule has 4 aromatic rings. The predicted molar refractivity (Wildman–Crippen MR) is 143 cm³/mol. The summed E-state index contributed by atoms with van der Waals surface area (Å²) in [5, 5.41) is 17.2. The molecule has 0 unspecified atom stereocenters. The third kappa shape index (κ3) is 5.93. The van der Waals surface area contributed by atoms with Crippen molar-refractivity contribution < 1.29 is 14.3 Å². The minimum absolute atomic E-state index is 0.0898. The normalized spacial score (nSPS) is 13.9. The highest BCUT2D eigenvalue weighted by Gasteiger charge is 2.17. The summed E-state index contributed by atoms with van der Waals surface area (Å²) < 4.78 is 5.35. The van der Waals surface area contributed by atoms with Crippen molar-refractivity contribution in [3.05, 3.63) is 72.1 Å². The van der Waals surface area contributed by atoms with Crippen LogP contribution in [0.5, 0.6) is 0 Å². The zero-order valence-electron chi connectivity index (χ0n) is 20.6. The number of amides is 2. The summed E-state index contributed by atoms with van der Waals surface area (Å²) in [5.74, 6) is 0.0317. The summed E-state index contributed by atoms with van der Waals surface area (Å²) in [6.07, 6.45) is 4.13. The molecule has 5 rings (SSSR count). The molecule has 2 aromatic heterocycles. The first-order valence-electron chi connectivity index (χ1n) is 12.3. The number of rotatable bonds is 8. The van der Waals surface area contributed by atoms with Crippen molar-refractivity contribution in [2.75, 3.05) is 48.8 Å². The van der Waals surface area contributed by atoms with Gasteiger partial charge in [0.1, 0.15) is 5.82 Å². The number of aromatic nitrogens is 3. The van der Waals surface area contributed by atoms with Crippen LogP contribution in [0.15, 0.2) is 60.9 Å². The molecule has 0 radical (unpaired) electrons. The number of ether oxygens (including phenoxy) is 1. The number of morpholine rings is 1. The first kappa shape index (κ1) is 24.4. The first-order chi connectivity index (χ1) is 18.1. The Labute approximate surface area is 214 Å². The monoisotopic (exact) mass is 499 g/mol. The quantitative estimate of drug-likeness (QED) is 0.291. The molecule has 0 atom stereocenters. The van der Waals surface area contributed by atoms with E-state index in [-0.39, 0.29) is 11.8 Å². The third-order valence-corrected chi connectivity index (χ3v) is 6.25. The van der Waals surface area contributed by atoms with Crippen LogP contribution in [0, 0.1) is 0 Å². The molecule has 1 aliphatic rings. The van der Waals surface area contributed by atoms with E-state index in [9.17, 15) is 9.59 Å². The molecule has 0 bridgehead atoms. The summed E-state index contributed by atoms with van der Waals surface area (Å²) >= 11 is 0. The van der Waals surface area contributed by atoms with Crippen molar-refractivity contribution in [3.8, 4) is 0 Å². The molecule has 0 aliphatic carbocycles. The van der Waals surface area contributed by atoms with Crippen LogP contribution in [-0.2, 0) is 16.0 Å². The van der Waals surface area contributed by atoms with Gasteiger partial charge in [0, 0.05) is 41.7 Å². The molecule has 1 aliphatic heterocycles.